The molecule has 1 amide bonds. The number of nitrogens with one attached hydrogen (secondary N) is 1. The molecule has 0 saturated heterocycles. The molecule has 0 aromatic heterocycles. The number of hydrogen-bond acceptors (Lipinski definition) is 6. The van der Waals surface area contributed by atoms with Crippen LogP contribution in [0.4, 0.5) is 11.4 Å². The molecule has 1 N–H and O–H groups in total. The second-order valence-electron chi connectivity index (χ2n) is 7.23. The number of halogens is 3. The smallest absolute Gasteiger partial charge is 0.269 e. The van der Waals surface area contributed by atoms with Crippen LogP contribution in [-0.2, 0) is 11.4 Å². The molecule has 0 saturated carbocycles. The second-order valence-corrected chi connectivity index (χ2v) is 9.21. The number of nitrogens with zero attached hydrogens (tertiary/aromatic N) is 2. The molecule has 0 atom stereocenters. The predicted molar refractivity (Wildman–Crippen MR) is 146 cm³/mol. The van der Waals surface area contributed by atoms with Crippen molar-refractivity contribution in [2.45, 2.75) is 13.5 Å². The summed E-state index contributed by atoms with van der Waals surface area (Å²) in [5, 5.41) is 23.8. The van der Waals surface area contributed by atoms with E-state index in [1.165, 1.54) is 24.3 Å². The van der Waals surface area contributed by atoms with Gasteiger partial charge in [-0.05, 0) is 77.0 Å². The average Bonchev–Trinajstić information content (AvgIpc) is 2.84. The Balaban J connectivity index is 1.85. The lowest BCUT2D eigenvalue weighted by Gasteiger charge is -2.15. The van der Waals surface area contributed by atoms with Gasteiger partial charge in [0.15, 0.2) is 11.5 Å². The highest BCUT2D eigenvalue weighted by Gasteiger charge is 2.16. The molecule has 0 unspecified atom stereocenters. The predicted octanol–water partition coefficient (Wildman–Crippen LogP) is 7.03. The van der Waals surface area contributed by atoms with Gasteiger partial charge in [0, 0.05) is 17.8 Å². The highest BCUT2D eigenvalue weighted by atomic mass is 127. The number of non-ortho nitro benzene ring substituents is 1. The molecule has 11 heteroatoms. The molecule has 0 fully saturated rings. The lowest BCUT2D eigenvalue weighted by atomic mass is 10.1. The number of anilines is 1. The molecule has 0 heterocycles. The van der Waals surface area contributed by atoms with Gasteiger partial charge in [-0.15, -0.1) is 0 Å². The Morgan fingerprint density at radius 3 is 2.61 bits per heavy atom. The molecular weight excluding hydrogens is 620 g/mol. The summed E-state index contributed by atoms with van der Waals surface area (Å²) in [5.74, 6) is 0.234. The molecule has 3 aromatic rings. The molecule has 0 aliphatic rings. The number of hydrogen-bond donors (Lipinski definition) is 1. The van der Waals surface area contributed by atoms with Crippen LogP contribution in [0.25, 0.3) is 6.08 Å². The molecular formula is C25H18Cl2IN3O5. The lowest BCUT2D eigenvalue weighted by Crippen LogP contribution is -2.13. The van der Waals surface area contributed by atoms with Crippen LogP contribution in [0.2, 0.25) is 10.0 Å². The standard InChI is InChI=1S/C25H18Cl2IN3O5/c1-2-35-23-11-16(8-17(13-29)25(32)30-18-6-7-20(26)21(27)12-18)10-22(28)24(23)36-14-15-4-3-5-19(9-15)31(33)34/h3-12H,2,14H2,1H3,(H,30,32)/b17-8+. The summed E-state index contributed by atoms with van der Waals surface area (Å²) >= 11 is 13.9. The number of nitro groups is 1. The van der Waals surface area contributed by atoms with Crippen molar-refractivity contribution in [3.8, 4) is 17.6 Å². The fourth-order valence-electron chi connectivity index (χ4n) is 3.08. The zero-order chi connectivity index (χ0) is 26.2. The number of benzene rings is 3. The maximum atomic E-state index is 12.7. The van der Waals surface area contributed by atoms with Crippen molar-refractivity contribution in [1.29, 1.82) is 5.26 Å². The first-order chi connectivity index (χ1) is 17.2. The number of rotatable bonds is 9. The van der Waals surface area contributed by atoms with Gasteiger partial charge in [0.1, 0.15) is 18.2 Å². The van der Waals surface area contributed by atoms with E-state index < -0.39 is 10.8 Å². The topological polar surface area (TPSA) is 114 Å². The summed E-state index contributed by atoms with van der Waals surface area (Å²) in [7, 11) is 0. The number of amides is 1. The Labute approximate surface area is 230 Å². The van der Waals surface area contributed by atoms with Gasteiger partial charge in [0.25, 0.3) is 11.6 Å². The number of carbonyl (C=O) groups excluding carboxylic acids is 1. The summed E-state index contributed by atoms with van der Waals surface area (Å²) in [4.78, 5) is 23.2. The van der Waals surface area contributed by atoms with E-state index in [2.05, 4.69) is 27.9 Å². The van der Waals surface area contributed by atoms with Gasteiger partial charge >= 0.3 is 0 Å². The summed E-state index contributed by atoms with van der Waals surface area (Å²) < 4.78 is 12.3. The van der Waals surface area contributed by atoms with Gasteiger partial charge in [-0.25, -0.2) is 0 Å². The van der Waals surface area contributed by atoms with Crippen LogP contribution in [0, 0.1) is 25.0 Å². The van der Waals surface area contributed by atoms with Crippen molar-refractivity contribution >= 4 is 69.2 Å². The van der Waals surface area contributed by atoms with Crippen LogP contribution in [0.15, 0.2) is 60.2 Å². The van der Waals surface area contributed by atoms with Gasteiger partial charge in [-0.1, -0.05) is 35.3 Å². The van der Waals surface area contributed by atoms with Gasteiger partial charge in [-0.2, -0.15) is 5.26 Å². The van der Waals surface area contributed by atoms with Crippen molar-refractivity contribution in [2.75, 3.05) is 11.9 Å². The fourth-order valence-corrected chi connectivity index (χ4v) is 4.16. The Hall–Kier alpha value is -3.33. The summed E-state index contributed by atoms with van der Waals surface area (Å²) in [6.45, 7) is 2.24. The van der Waals surface area contributed by atoms with E-state index in [1.54, 1.807) is 36.4 Å². The second kappa shape index (κ2) is 12.6. The van der Waals surface area contributed by atoms with Crippen molar-refractivity contribution in [1.82, 2.24) is 0 Å². The third kappa shape index (κ3) is 7.10. The van der Waals surface area contributed by atoms with E-state index in [4.69, 9.17) is 32.7 Å². The third-order valence-corrected chi connectivity index (χ3v) is 6.23. The average molecular weight is 638 g/mol. The summed E-state index contributed by atoms with van der Waals surface area (Å²) in [6.07, 6.45) is 1.43. The third-order valence-electron chi connectivity index (χ3n) is 4.69. The molecule has 0 spiro atoms. The van der Waals surface area contributed by atoms with E-state index in [9.17, 15) is 20.2 Å². The van der Waals surface area contributed by atoms with E-state index in [0.29, 0.717) is 43.5 Å². The molecule has 36 heavy (non-hydrogen) atoms. The van der Waals surface area contributed by atoms with Crippen LogP contribution in [0.1, 0.15) is 18.1 Å². The molecule has 184 valence electrons. The number of carbonyl (C=O) groups is 1. The van der Waals surface area contributed by atoms with Gasteiger partial charge in [-0.3, -0.25) is 14.9 Å². The van der Waals surface area contributed by atoms with E-state index >= 15 is 0 Å². The highest BCUT2D eigenvalue weighted by molar-refractivity contribution is 14.1. The monoisotopic (exact) mass is 637 g/mol. The highest BCUT2D eigenvalue weighted by Crippen LogP contribution is 2.36. The van der Waals surface area contributed by atoms with E-state index in [1.807, 2.05) is 13.0 Å². The SMILES string of the molecule is CCOc1cc(/C=C(\C#N)C(=O)Nc2ccc(Cl)c(Cl)c2)cc(I)c1OCc1cccc([N+](=O)[O-])c1. The fraction of sp³-hybridized carbons (Fsp3) is 0.120. The summed E-state index contributed by atoms with van der Waals surface area (Å²) in [5.41, 5.74) is 1.40. The lowest BCUT2D eigenvalue weighted by molar-refractivity contribution is -0.384. The Bertz CT molecular complexity index is 1390. The first-order valence-electron chi connectivity index (χ1n) is 10.4. The maximum absolute atomic E-state index is 12.7. The van der Waals surface area contributed by atoms with Crippen molar-refractivity contribution in [3.63, 3.8) is 0 Å². The van der Waals surface area contributed by atoms with E-state index in [0.717, 1.165) is 0 Å². The Morgan fingerprint density at radius 2 is 1.94 bits per heavy atom. The molecule has 0 aliphatic heterocycles. The normalized spacial score (nSPS) is 10.9. The Kier molecular flexibility index (Phi) is 9.52. The van der Waals surface area contributed by atoms with Crippen LogP contribution < -0.4 is 14.8 Å². The first-order valence-corrected chi connectivity index (χ1v) is 12.3. The maximum Gasteiger partial charge on any atom is 0.269 e. The van der Waals surface area contributed by atoms with E-state index in [-0.39, 0.29) is 22.9 Å². The number of nitriles is 1. The zero-order valence-electron chi connectivity index (χ0n) is 18.8. The van der Waals surface area contributed by atoms with Crippen LogP contribution in [-0.4, -0.2) is 17.4 Å². The summed E-state index contributed by atoms with van der Waals surface area (Å²) in [6, 6.07) is 16.0. The minimum Gasteiger partial charge on any atom is -0.490 e. The molecule has 0 bridgehead atoms. The quantitative estimate of drug-likeness (QED) is 0.0886. The van der Waals surface area contributed by atoms with Gasteiger partial charge < -0.3 is 14.8 Å². The minimum atomic E-state index is -0.616. The van der Waals surface area contributed by atoms with Gasteiger partial charge in [0.2, 0.25) is 0 Å². The molecule has 0 radical (unpaired) electrons. The van der Waals surface area contributed by atoms with Crippen molar-refractivity contribution < 1.29 is 19.2 Å². The molecule has 3 rings (SSSR count). The first kappa shape index (κ1) is 27.3. The number of nitro benzene ring substituents is 1. The van der Waals surface area contributed by atoms with Gasteiger partial charge in [0.05, 0.1) is 25.1 Å². The zero-order valence-corrected chi connectivity index (χ0v) is 22.4. The molecule has 3 aromatic carbocycles. The van der Waals surface area contributed by atoms with Crippen LogP contribution in [0.3, 0.4) is 0 Å². The van der Waals surface area contributed by atoms with Crippen molar-refractivity contribution in [3.05, 3.63) is 95.0 Å². The minimum absolute atomic E-state index is 0.0282. The Morgan fingerprint density at radius 1 is 1.17 bits per heavy atom. The largest absolute Gasteiger partial charge is 0.490 e. The number of ether oxygens (including phenoxy) is 2. The molecule has 0 aliphatic carbocycles. The van der Waals surface area contributed by atoms with Crippen molar-refractivity contribution in [2.24, 2.45) is 0 Å². The van der Waals surface area contributed by atoms with Crippen LogP contribution >= 0.6 is 45.8 Å². The van der Waals surface area contributed by atoms with Crippen LogP contribution in [0.5, 0.6) is 11.5 Å². The molecule has 8 nitrogen and oxygen atoms in total.